The van der Waals surface area contributed by atoms with Gasteiger partial charge in [-0.2, -0.15) is 0 Å². The van der Waals surface area contributed by atoms with Crippen molar-refractivity contribution in [2.75, 3.05) is 5.75 Å². The zero-order valence-electron chi connectivity index (χ0n) is 14.1. The first-order valence-electron chi connectivity index (χ1n) is 8.69. The normalized spacial score (nSPS) is 31.9. The molecule has 0 aromatic carbocycles. The molecule has 0 saturated carbocycles. The van der Waals surface area contributed by atoms with Crippen LogP contribution in [-0.4, -0.2) is 54.2 Å². The van der Waals surface area contributed by atoms with E-state index in [1.807, 2.05) is 4.90 Å². The molecule has 1 aromatic rings. The highest BCUT2D eigenvalue weighted by Gasteiger charge is 2.53. The van der Waals surface area contributed by atoms with Crippen molar-refractivity contribution >= 4 is 23.6 Å². The third-order valence-electron chi connectivity index (χ3n) is 5.43. The molecule has 7 nitrogen and oxygen atoms in total. The van der Waals surface area contributed by atoms with Crippen molar-refractivity contribution < 1.29 is 9.59 Å². The van der Waals surface area contributed by atoms with Gasteiger partial charge < -0.3 is 14.8 Å². The van der Waals surface area contributed by atoms with Crippen LogP contribution in [0.4, 0.5) is 0 Å². The summed E-state index contributed by atoms with van der Waals surface area (Å²) >= 11 is 1.73. The van der Waals surface area contributed by atoms with E-state index in [-0.39, 0.29) is 28.8 Å². The molecule has 0 aliphatic carbocycles. The highest BCUT2D eigenvalue weighted by molar-refractivity contribution is 8.01. The number of aromatic nitrogens is 3. The highest BCUT2D eigenvalue weighted by atomic mass is 32.2. The fourth-order valence-electron chi connectivity index (χ4n) is 4.07. The van der Waals surface area contributed by atoms with Crippen molar-refractivity contribution in [2.24, 2.45) is 0 Å². The summed E-state index contributed by atoms with van der Waals surface area (Å²) in [5.74, 6) is 2.78. The molecule has 3 aliphatic heterocycles. The molecule has 2 amide bonds. The molecule has 0 radical (unpaired) electrons. The summed E-state index contributed by atoms with van der Waals surface area (Å²) in [7, 11) is 0. The largest absolute Gasteiger partial charge is 0.350 e. The molecule has 0 spiro atoms. The summed E-state index contributed by atoms with van der Waals surface area (Å²) in [5, 5.41) is 11.6. The zero-order valence-corrected chi connectivity index (χ0v) is 14.9. The van der Waals surface area contributed by atoms with E-state index in [4.69, 9.17) is 0 Å². The van der Waals surface area contributed by atoms with Crippen molar-refractivity contribution in [3.05, 3.63) is 11.6 Å². The standard InChI is InChI=1S/C16H23N5O2S/c1-3-12-18-19-13-5-4-10(8-20(12)13)17-15(23)11-9-24-16(2)7-6-14(22)21(11)16/h10-11H,3-9H2,1-2H3,(H,17,23). The minimum absolute atomic E-state index is 0.0129. The number of nitrogens with zero attached hydrogens (tertiary/aromatic N) is 4. The monoisotopic (exact) mass is 349 g/mol. The maximum Gasteiger partial charge on any atom is 0.243 e. The second-order valence-electron chi connectivity index (χ2n) is 7.01. The van der Waals surface area contributed by atoms with Gasteiger partial charge in [-0.25, -0.2) is 0 Å². The molecule has 1 N–H and O–H groups in total. The first kappa shape index (κ1) is 15.9. The van der Waals surface area contributed by atoms with Gasteiger partial charge >= 0.3 is 0 Å². The summed E-state index contributed by atoms with van der Waals surface area (Å²) in [4.78, 5) is 26.6. The van der Waals surface area contributed by atoms with E-state index in [1.54, 1.807) is 11.8 Å². The lowest BCUT2D eigenvalue weighted by Gasteiger charge is -2.31. The Balaban J connectivity index is 1.45. The van der Waals surface area contributed by atoms with Crippen molar-refractivity contribution in [3.8, 4) is 0 Å². The first-order valence-corrected chi connectivity index (χ1v) is 9.68. The van der Waals surface area contributed by atoms with Gasteiger partial charge in [0.2, 0.25) is 11.8 Å². The number of aryl methyl sites for hydroxylation is 2. The van der Waals surface area contributed by atoms with Gasteiger partial charge in [-0.3, -0.25) is 9.59 Å². The number of rotatable bonds is 3. The summed E-state index contributed by atoms with van der Waals surface area (Å²) in [5.41, 5.74) is 0. The molecule has 24 heavy (non-hydrogen) atoms. The Morgan fingerprint density at radius 2 is 2.25 bits per heavy atom. The van der Waals surface area contributed by atoms with Gasteiger partial charge in [-0.05, 0) is 19.8 Å². The highest BCUT2D eigenvalue weighted by Crippen LogP contribution is 2.47. The fraction of sp³-hybridized carbons (Fsp3) is 0.750. The number of carbonyl (C=O) groups excluding carboxylic acids is 2. The molecule has 1 aromatic heterocycles. The van der Waals surface area contributed by atoms with Gasteiger partial charge in [0.1, 0.15) is 17.7 Å². The van der Waals surface area contributed by atoms with Gasteiger partial charge in [0.05, 0.1) is 4.87 Å². The van der Waals surface area contributed by atoms with E-state index >= 15 is 0 Å². The lowest BCUT2D eigenvalue weighted by molar-refractivity contribution is -0.138. The molecule has 2 fully saturated rings. The average molecular weight is 349 g/mol. The molecule has 0 bridgehead atoms. The maximum atomic E-state index is 12.8. The molecule has 4 heterocycles. The Morgan fingerprint density at radius 1 is 1.42 bits per heavy atom. The second-order valence-corrected chi connectivity index (χ2v) is 8.51. The van der Waals surface area contributed by atoms with Crippen molar-refractivity contribution in [3.63, 3.8) is 0 Å². The minimum atomic E-state index is -0.331. The lowest BCUT2D eigenvalue weighted by Crippen LogP contribution is -2.53. The van der Waals surface area contributed by atoms with E-state index in [0.717, 1.165) is 43.9 Å². The maximum absolute atomic E-state index is 12.8. The smallest absolute Gasteiger partial charge is 0.243 e. The first-order chi connectivity index (χ1) is 11.5. The van der Waals surface area contributed by atoms with E-state index in [2.05, 4.69) is 33.9 Å². The summed E-state index contributed by atoms with van der Waals surface area (Å²) in [6.45, 7) is 4.87. The van der Waals surface area contributed by atoms with Crippen LogP contribution in [-0.2, 0) is 29.0 Å². The fourth-order valence-corrected chi connectivity index (χ4v) is 5.51. The Hall–Kier alpha value is -1.57. The van der Waals surface area contributed by atoms with Gasteiger partial charge in [0, 0.05) is 37.6 Å². The van der Waals surface area contributed by atoms with E-state index in [0.29, 0.717) is 12.2 Å². The predicted molar refractivity (Wildman–Crippen MR) is 90.4 cm³/mol. The second kappa shape index (κ2) is 5.75. The van der Waals surface area contributed by atoms with Crippen LogP contribution in [0, 0.1) is 0 Å². The summed E-state index contributed by atoms with van der Waals surface area (Å²) in [6.07, 6.45) is 3.94. The van der Waals surface area contributed by atoms with E-state index < -0.39 is 0 Å². The molecule has 3 aliphatic rings. The van der Waals surface area contributed by atoms with Gasteiger partial charge in [0.25, 0.3) is 0 Å². The SMILES string of the molecule is CCc1nnc2n1CC(NC(=O)C1CSC3(C)CCC(=O)N13)CC2. The molecule has 130 valence electrons. The van der Waals surface area contributed by atoms with Crippen LogP contribution in [0.15, 0.2) is 0 Å². The Kier molecular flexibility index (Phi) is 3.82. The van der Waals surface area contributed by atoms with Gasteiger partial charge in [-0.1, -0.05) is 6.92 Å². The van der Waals surface area contributed by atoms with Crippen LogP contribution >= 0.6 is 11.8 Å². The molecule has 8 heteroatoms. The molecular formula is C16H23N5O2S. The Bertz CT molecular complexity index is 677. The quantitative estimate of drug-likeness (QED) is 0.870. The lowest BCUT2D eigenvalue weighted by atomic mass is 10.1. The average Bonchev–Trinajstić information content (AvgIpc) is 3.21. The van der Waals surface area contributed by atoms with Crippen LogP contribution in [0.25, 0.3) is 0 Å². The van der Waals surface area contributed by atoms with Crippen LogP contribution < -0.4 is 5.32 Å². The third-order valence-corrected chi connectivity index (χ3v) is 6.94. The predicted octanol–water partition coefficient (Wildman–Crippen LogP) is 0.726. The number of fused-ring (bicyclic) bond motifs is 2. The number of carbonyl (C=O) groups is 2. The topological polar surface area (TPSA) is 80.1 Å². The van der Waals surface area contributed by atoms with Crippen LogP contribution in [0.3, 0.4) is 0 Å². The van der Waals surface area contributed by atoms with Gasteiger partial charge in [0.15, 0.2) is 0 Å². The zero-order chi connectivity index (χ0) is 16.9. The number of amides is 2. The number of hydrogen-bond acceptors (Lipinski definition) is 5. The van der Waals surface area contributed by atoms with Crippen molar-refractivity contribution in [1.29, 1.82) is 0 Å². The molecule has 3 unspecified atom stereocenters. The van der Waals surface area contributed by atoms with Gasteiger partial charge in [-0.15, -0.1) is 22.0 Å². The van der Waals surface area contributed by atoms with E-state index in [1.165, 1.54) is 0 Å². The number of thioether (sulfide) groups is 1. The molecule has 4 rings (SSSR count). The minimum Gasteiger partial charge on any atom is -0.350 e. The molecular weight excluding hydrogens is 326 g/mol. The number of hydrogen-bond donors (Lipinski definition) is 1. The van der Waals surface area contributed by atoms with E-state index in [9.17, 15) is 9.59 Å². The Labute approximate surface area is 145 Å². The van der Waals surface area contributed by atoms with Crippen molar-refractivity contribution in [2.45, 2.75) is 69.5 Å². The summed E-state index contributed by atoms with van der Waals surface area (Å²) < 4.78 is 2.13. The Morgan fingerprint density at radius 3 is 3.04 bits per heavy atom. The van der Waals surface area contributed by atoms with Crippen molar-refractivity contribution in [1.82, 2.24) is 25.0 Å². The van der Waals surface area contributed by atoms with Crippen LogP contribution in [0.1, 0.15) is 44.8 Å². The summed E-state index contributed by atoms with van der Waals surface area (Å²) in [6, 6.07) is -0.246. The van der Waals surface area contributed by atoms with Crippen LogP contribution in [0.2, 0.25) is 0 Å². The van der Waals surface area contributed by atoms with Crippen LogP contribution in [0.5, 0.6) is 0 Å². The molecule has 2 saturated heterocycles. The molecule has 3 atom stereocenters. The number of nitrogens with one attached hydrogen (secondary N) is 1. The third kappa shape index (κ3) is 2.42.